The Labute approximate surface area is 79.2 Å². The lowest BCUT2D eigenvalue weighted by Gasteiger charge is -2.01. The Morgan fingerprint density at radius 2 is 2.00 bits per heavy atom. The molecule has 13 heavy (non-hydrogen) atoms. The van der Waals surface area contributed by atoms with Crippen molar-refractivity contribution in [2.45, 2.75) is 18.8 Å². The lowest BCUT2D eigenvalue weighted by atomic mass is 10.1. The molecule has 1 aliphatic rings. The Bertz CT molecular complexity index is 254. The highest BCUT2D eigenvalue weighted by Crippen LogP contribution is 2.40. The molecule has 0 atom stereocenters. The fourth-order valence-corrected chi connectivity index (χ4v) is 1.31. The van der Waals surface area contributed by atoms with Crippen molar-refractivity contribution < 1.29 is 9.84 Å². The van der Waals surface area contributed by atoms with Crippen molar-refractivity contribution >= 4 is 0 Å². The van der Waals surface area contributed by atoms with Crippen molar-refractivity contribution in [3.8, 4) is 5.75 Å². The zero-order chi connectivity index (χ0) is 9.68. The van der Waals surface area contributed by atoms with Crippen molar-refractivity contribution in [3.05, 3.63) is 29.8 Å². The van der Waals surface area contributed by atoms with Gasteiger partial charge in [0, 0.05) is 7.11 Å². The number of rotatable bonds is 2. The van der Waals surface area contributed by atoms with Crippen LogP contribution in [0.2, 0.25) is 0 Å². The van der Waals surface area contributed by atoms with Crippen LogP contribution >= 0.6 is 0 Å². The summed E-state index contributed by atoms with van der Waals surface area (Å²) in [5, 5.41) is 7.00. The van der Waals surface area contributed by atoms with E-state index in [-0.39, 0.29) is 0 Å². The van der Waals surface area contributed by atoms with E-state index in [2.05, 4.69) is 18.2 Å². The average molecular weight is 180 g/mol. The third-order valence-corrected chi connectivity index (χ3v) is 2.14. The topological polar surface area (TPSA) is 29.5 Å². The molecule has 0 unspecified atom stereocenters. The number of hydrogen-bond donors (Lipinski definition) is 1. The van der Waals surface area contributed by atoms with Gasteiger partial charge in [0.25, 0.3) is 0 Å². The zero-order valence-electron chi connectivity index (χ0n) is 8.16. The van der Waals surface area contributed by atoms with Gasteiger partial charge in [0.2, 0.25) is 0 Å². The molecule has 72 valence electrons. The van der Waals surface area contributed by atoms with Gasteiger partial charge in [0.1, 0.15) is 5.75 Å². The van der Waals surface area contributed by atoms with Crippen LogP contribution in [0, 0.1) is 0 Å². The first kappa shape index (κ1) is 10.1. The SMILES string of the molecule is CO.COc1cccc(C2CC2)c1. The number of aliphatic hydroxyl groups excluding tert-OH is 1. The molecule has 0 aliphatic heterocycles. The highest BCUT2D eigenvalue weighted by Gasteiger charge is 2.23. The Morgan fingerprint density at radius 1 is 1.31 bits per heavy atom. The van der Waals surface area contributed by atoms with Gasteiger partial charge in [0.05, 0.1) is 7.11 Å². The molecule has 1 aromatic rings. The maximum Gasteiger partial charge on any atom is 0.119 e. The van der Waals surface area contributed by atoms with Crippen LogP contribution in [0.25, 0.3) is 0 Å². The van der Waals surface area contributed by atoms with Gasteiger partial charge < -0.3 is 9.84 Å². The second-order valence-corrected chi connectivity index (χ2v) is 3.05. The molecule has 0 radical (unpaired) electrons. The van der Waals surface area contributed by atoms with E-state index in [0.717, 1.165) is 18.8 Å². The van der Waals surface area contributed by atoms with E-state index < -0.39 is 0 Å². The summed E-state index contributed by atoms with van der Waals surface area (Å²) >= 11 is 0. The van der Waals surface area contributed by atoms with Gasteiger partial charge in [-0.1, -0.05) is 12.1 Å². The molecule has 2 heteroatoms. The maximum absolute atomic E-state index is 7.00. The third-order valence-electron chi connectivity index (χ3n) is 2.14. The number of aliphatic hydroxyl groups is 1. The molecule has 2 nitrogen and oxygen atoms in total. The first-order chi connectivity index (χ1) is 6.40. The Kier molecular flexibility index (Phi) is 3.77. The van der Waals surface area contributed by atoms with E-state index >= 15 is 0 Å². The lowest BCUT2D eigenvalue weighted by Crippen LogP contribution is -1.84. The summed E-state index contributed by atoms with van der Waals surface area (Å²) in [5.41, 5.74) is 1.43. The third kappa shape index (κ3) is 2.74. The summed E-state index contributed by atoms with van der Waals surface area (Å²) in [5.74, 6) is 1.81. The van der Waals surface area contributed by atoms with Gasteiger partial charge in [-0.2, -0.15) is 0 Å². The van der Waals surface area contributed by atoms with Crippen LogP contribution in [-0.4, -0.2) is 19.3 Å². The monoisotopic (exact) mass is 180 g/mol. The van der Waals surface area contributed by atoms with Crippen LogP contribution in [-0.2, 0) is 0 Å². The fourth-order valence-electron chi connectivity index (χ4n) is 1.31. The minimum Gasteiger partial charge on any atom is -0.497 e. The molecule has 0 amide bonds. The summed E-state index contributed by atoms with van der Waals surface area (Å²) in [4.78, 5) is 0. The Balaban J connectivity index is 0.000000396. The minimum absolute atomic E-state index is 0.824. The van der Waals surface area contributed by atoms with E-state index in [0.29, 0.717) is 0 Å². The second-order valence-electron chi connectivity index (χ2n) is 3.05. The van der Waals surface area contributed by atoms with Gasteiger partial charge in [-0.3, -0.25) is 0 Å². The first-order valence-electron chi connectivity index (χ1n) is 4.49. The van der Waals surface area contributed by atoms with Gasteiger partial charge in [-0.25, -0.2) is 0 Å². The summed E-state index contributed by atoms with van der Waals surface area (Å²) < 4.78 is 5.13. The van der Waals surface area contributed by atoms with Crippen LogP contribution in [0.1, 0.15) is 24.3 Å². The highest BCUT2D eigenvalue weighted by atomic mass is 16.5. The fraction of sp³-hybridized carbons (Fsp3) is 0.455. The molecule has 0 spiro atoms. The van der Waals surface area contributed by atoms with E-state index in [1.54, 1.807) is 7.11 Å². The molecule has 0 bridgehead atoms. The van der Waals surface area contributed by atoms with Crippen LogP contribution in [0.15, 0.2) is 24.3 Å². The van der Waals surface area contributed by atoms with Crippen LogP contribution in [0.5, 0.6) is 5.75 Å². The molecule has 1 aromatic carbocycles. The van der Waals surface area contributed by atoms with Crippen molar-refractivity contribution in [1.29, 1.82) is 0 Å². The predicted octanol–water partition coefficient (Wildman–Crippen LogP) is 2.18. The number of benzene rings is 1. The van der Waals surface area contributed by atoms with Gasteiger partial charge in [-0.15, -0.1) is 0 Å². The molecule has 0 aromatic heterocycles. The summed E-state index contributed by atoms with van der Waals surface area (Å²) in [6.07, 6.45) is 2.71. The molecule has 1 aliphatic carbocycles. The van der Waals surface area contributed by atoms with Gasteiger partial charge in [0.15, 0.2) is 0 Å². The number of methoxy groups -OCH3 is 1. The van der Waals surface area contributed by atoms with E-state index in [4.69, 9.17) is 9.84 Å². The smallest absolute Gasteiger partial charge is 0.119 e. The quantitative estimate of drug-likeness (QED) is 0.756. The van der Waals surface area contributed by atoms with Crippen molar-refractivity contribution in [2.75, 3.05) is 14.2 Å². The number of hydrogen-bond acceptors (Lipinski definition) is 2. The van der Waals surface area contributed by atoms with Crippen molar-refractivity contribution in [1.82, 2.24) is 0 Å². The molecule has 1 saturated carbocycles. The maximum atomic E-state index is 7.00. The van der Waals surface area contributed by atoms with Gasteiger partial charge >= 0.3 is 0 Å². The van der Waals surface area contributed by atoms with Crippen LogP contribution in [0.4, 0.5) is 0 Å². The van der Waals surface area contributed by atoms with Crippen molar-refractivity contribution in [3.63, 3.8) is 0 Å². The number of ether oxygens (including phenoxy) is 1. The second kappa shape index (κ2) is 4.87. The first-order valence-corrected chi connectivity index (χ1v) is 4.49. The van der Waals surface area contributed by atoms with E-state index in [1.807, 2.05) is 6.07 Å². The standard InChI is InChI=1S/C10H12O.CH4O/c1-11-10-4-2-3-9(7-10)8-5-6-8;1-2/h2-4,7-8H,5-6H2,1H3;2H,1H3. The van der Waals surface area contributed by atoms with E-state index in [1.165, 1.54) is 18.4 Å². The molecular formula is C11H16O2. The molecule has 0 heterocycles. The predicted molar refractivity (Wildman–Crippen MR) is 53.1 cm³/mol. The minimum atomic E-state index is 0.824. The lowest BCUT2D eigenvalue weighted by molar-refractivity contribution is 0.399. The largest absolute Gasteiger partial charge is 0.497 e. The zero-order valence-corrected chi connectivity index (χ0v) is 8.16. The highest BCUT2D eigenvalue weighted by molar-refractivity contribution is 5.32. The Morgan fingerprint density at radius 3 is 2.54 bits per heavy atom. The Hall–Kier alpha value is -1.02. The van der Waals surface area contributed by atoms with Gasteiger partial charge in [-0.05, 0) is 36.5 Å². The van der Waals surface area contributed by atoms with E-state index in [9.17, 15) is 0 Å². The molecule has 1 N–H and O–H groups in total. The normalized spacial score (nSPS) is 14.4. The average Bonchev–Trinajstić information content (AvgIpc) is 3.04. The molecule has 0 saturated heterocycles. The summed E-state index contributed by atoms with van der Waals surface area (Å²) in [6.45, 7) is 0. The molecule has 1 fully saturated rings. The molecule has 2 rings (SSSR count). The van der Waals surface area contributed by atoms with Crippen LogP contribution in [0.3, 0.4) is 0 Å². The molecular weight excluding hydrogens is 164 g/mol. The van der Waals surface area contributed by atoms with Crippen LogP contribution < -0.4 is 4.74 Å². The summed E-state index contributed by atoms with van der Waals surface area (Å²) in [6, 6.07) is 8.37. The van der Waals surface area contributed by atoms with Crippen molar-refractivity contribution in [2.24, 2.45) is 0 Å². The summed E-state index contributed by atoms with van der Waals surface area (Å²) in [7, 11) is 2.71.